The van der Waals surface area contributed by atoms with Crippen molar-refractivity contribution < 1.29 is 24.4 Å². The van der Waals surface area contributed by atoms with Crippen molar-refractivity contribution in [2.45, 2.75) is 38.5 Å². The molecular weight excluding hydrogens is 292 g/mol. The van der Waals surface area contributed by atoms with Crippen molar-refractivity contribution in [3.8, 4) is 0 Å². The number of alkyl carbamates (subject to hydrolysis) is 1. The number of nitro groups is 1. The number of nitrogens with zero attached hydrogens (tertiary/aromatic N) is 1. The second-order valence-electron chi connectivity index (χ2n) is 5.60. The molecule has 1 unspecified atom stereocenters. The smallest absolute Gasteiger partial charge is 0.408 e. The minimum absolute atomic E-state index is 0.177. The molecule has 1 aromatic rings. The SMILES string of the molecule is CC(C)(C)OC(=O)N[C@H](C(=O)O)C(c1ccccc1)[N+](=O)[O-]. The Balaban J connectivity index is 3.04. The molecule has 2 N–H and O–H groups in total. The molecule has 120 valence electrons. The predicted molar refractivity (Wildman–Crippen MR) is 77.0 cm³/mol. The molecule has 0 bridgehead atoms. The molecule has 8 nitrogen and oxygen atoms in total. The van der Waals surface area contributed by atoms with Crippen LogP contribution in [0.2, 0.25) is 0 Å². The van der Waals surface area contributed by atoms with Gasteiger partial charge in [0.05, 0.1) is 0 Å². The van der Waals surface area contributed by atoms with Gasteiger partial charge in [0.15, 0.2) is 0 Å². The maximum Gasteiger partial charge on any atom is 0.408 e. The Kier molecular flexibility index (Phi) is 5.44. The van der Waals surface area contributed by atoms with Gasteiger partial charge in [-0.25, -0.2) is 9.59 Å². The number of ether oxygens (including phenoxy) is 1. The summed E-state index contributed by atoms with van der Waals surface area (Å²) in [4.78, 5) is 33.6. The number of nitrogens with one attached hydrogen (secondary N) is 1. The average molecular weight is 310 g/mol. The van der Waals surface area contributed by atoms with Crippen LogP contribution in [0.25, 0.3) is 0 Å². The maximum atomic E-state index is 11.7. The van der Waals surface area contributed by atoms with Gasteiger partial charge in [0.2, 0.25) is 6.04 Å². The average Bonchev–Trinajstić information content (AvgIpc) is 2.36. The molecule has 0 fully saturated rings. The van der Waals surface area contributed by atoms with E-state index in [1.807, 2.05) is 0 Å². The first-order valence-electron chi connectivity index (χ1n) is 6.52. The molecule has 0 aromatic heterocycles. The number of hydrogen-bond acceptors (Lipinski definition) is 5. The van der Waals surface area contributed by atoms with Gasteiger partial charge in [-0.3, -0.25) is 10.1 Å². The van der Waals surface area contributed by atoms with Crippen LogP contribution < -0.4 is 5.32 Å². The van der Waals surface area contributed by atoms with E-state index in [1.165, 1.54) is 12.1 Å². The summed E-state index contributed by atoms with van der Waals surface area (Å²) in [5.74, 6) is -1.52. The first-order valence-corrected chi connectivity index (χ1v) is 6.52. The molecule has 1 aromatic carbocycles. The van der Waals surface area contributed by atoms with E-state index in [0.717, 1.165) is 0 Å². The highest BCUT2D eigenvalue weighted by Gasteiger charge is 2.40. The molecule has 0 radical (unpaired) electrons. The number of amides is 1. The highest BCUT2D eigenvalue weighted by Crippen LogP contribution is 2.21. The van der Waals surface area contributed by atoms with Crippen molar-refractivity contribution in [3.05, 3.63) is 46.0 Å². The van der Waals surface area contributed by atoms with E-state index >= 15 is 0 Å². The molecule has 0 saturated carbocycles. The normalized spacial score (nSPS) is 13.8. The number of carbonyl (C=O) groups is 2. The molecule has 0 aliphatic rings. The van der Waals surface area contributed by atoms with Crippen LogP contribution in [0.15, 0.2) is 30.3 Å². The first-order chi connectivity index (χ1) is 10.1. The van der Waals surface area contributed by atoms with Crippen LogP contribution in [0.5, 0.6) is 0 Å². The van der Waals surface area contributed by atoms with Crippen molar-refractivity contribution in [3.63, 3.8) is 0 Å². The van der Waals surface area contributed by atoms with Crippen LogP contribution in [0.3, 0.4) is 0 Å². The molecule has 1 rings (SSSR count). The van der Waals surface area contributed by atoms with E-state index in [9.17, 15) is 24.8 Å². The summed E-state index contributed by atoms with van der Waals surface area (Å²) in [7, 11) is 0. The van der Waals surface area contributed by atoms with Crippen LogP contribution in [0, 0.1) is 10.1 Å². The van der Waals surface area contributed by atoms with Crippen molar-refractivity contribution in [1.29, 1.82) is 0 Å². The Morgan fingerprint density at radius 3 is 2.23 bits per heavy atom. The summed E-state index contributed by atoms with van der Waals surface area (Å²) in [5, 5.41) is 22.5. The number of carboxylic acid groups (broad SMARTS) is 1. The monoisotopic (exact) mass is 310 g/mol. The number of benzene rings is 1. The lowest BCUT2D eigenvalue weighted by Gasteiger charge is -2.23. The van der Waals surface area contributed by atoms with Gasteiger partial charge >= 0.3 is 12.1 Å². The van der Waals surface area contributed by atoms with E-state index in [-0.39, 0.29) is 5.56 Å². The zero-order valence-electron chi connectivity index (χ0n) is 12.5. The van der Waals surface area contributed by atoms with Gasteiger partial charge in [0, 0.05) is 10.5 Å². The molecule has 0 saturated heterocycles. The molecule has 0 aliphatic carbocycles. The number of carboxylic acids is 1. The molecule has 0 spiro atoms. The third kappa shape index (κ3) is 5.04. The van der Waals surface area contributed by atoms with Gasteiger partial charge in [-0.1, -0.05) is 30.3 Å². The quantitative estimate of drug-likeness (QED) is 0.634. The van der Waals surface area contributed by atoms with Gasteiger partial charge in [-0.15, -0.1) is 0 Å². The van der Waals surface area contributed by atoms with Crippen LogP contribution in [-0.2, 0) is 9.53 Å². The second-order valence-corrected chi connectivity index (χ2v) is 5.60. The van der Waals surface area contributed by atoms with Crippen LogP contribution >= 0.6 is 0 Å². The van der Waals surface area contributed by atoms with E-state index in [1.54, 1.807) is 39.0 Å². The number of rotatable bonds is 5. The standard InChI is InChI=1S/C14H18N2O6/c1-14(2,3)22-13(19)15-10(12(17)18)11(16(20)21)9-7-5-4-6-8-9/h4-8,10-11H,1-3H3,(H,15,19)(H,17,18)/t10-,11?/m0/s1. The van der Waals surface area contributed by atoms with E-state index < -0.39 is 34.7 Å². The van der Waals surface area contributed by atoms with Crippen molar-refractivity contribution in [2.24, 2.45) is 0 Å². The summed E-state index contributed by atoms with van der Waals surface area (Å²) in [5.41, 5.74) is -0.666. The Labute approximate surface area is 127 Å². The maximum absolute atomic E-state index is 11.7. The minimum Gasteiger partial charge on any atom is -0.480 e. The Hall–Kier alpha value is -2.64. The zero-order chi connectivity index (χ0) is 16.9. The van der Waals surface area contributed by atoms with E-state index in [4.69, 9.17) is 4.74 Å². The highest BCUT2D eigenvalue weighted by atomic mass is 16.6. The lowest BCUT2D eigenvalue weighted by atomic mass is 10.00. The molecule has 0 aliphatic heterocycles. The zero-order valence-corrected chi connectivity index (χ0v) is 12.5. The Bertz CT molecular complexity index is 552. The van der Waals surface area contributed by atoms with Gasteiger partial charge in [0.25, 0.3) is 6.04 Å². The first kappa shape index (κ1) is 17.4. The molecule has 2 atom stereocenters. The van der Waals surface area contributed by atoms with Crippen LogP contribution in [-0.4, -0.2) is 33.7 Å². The summed E-state index contributed by atoms with van der Waals surface area (Å²) in [6, 6.07) is 4.26. The third-order valence-corrected chi connectivity index (χ3v) is 2.62. The largest absolute Gasteiger partial charge is 0.480 e. The lowest BCUT2D eigenvalue weighted by Crippen LogP contribution is -2.48. The fraction of sp³-hybridized carbons (Fsp3) is 0.429. The summed E-state index contributed by atoms with van der Waals surface area (Å²) in [6.45, 7) is 4.81. The Morgan fingerprint density at radius 1 is 1.27 bits per heavy atom. The fourth-order valence-corrected chi connectivity index (χ4v) is 1.80. The second kappa shape index (κ2) is 6.88. The number of aliphatic carboxylic acids is 1. The lowest BCUT2D eigenvalue weighted by molar-refractivity contribution is -0.531. The molecular formula is C14H18N2O6. The van der Waals surface area contributed by atoms with Crippen LogP contribution in [0.1, 0.15) is 32.4 Å². The Morgan fingerprint density at radius 2 is 1.82 bits per heavy atom. The van der Waals surface area contributed by atoms with E-state index in [0.29, 0.717) is 0 Å². The molecule has 0 heterocycles. The minimum atomic E-state index is -1.74. The van der Waals surface area contributed by atoms with Crippen molar-refractivity contribution >= 4 is 12.1 Å². The number of carbonyl (C=O) groups excluding carboxylic acids is 1. The van der Waals surface area contributed by atoms with Gasteiger partial charge < -0.3 is 15.2 Å². The van der Waals surface area contributed by atoms with Gasteiger partial charge in [-0.2, -0.15) is 0 Å². The third-order valence-electron chi connectivity index (χ3n) is 2.62. The summed E-state index contributed by atoms with van der Waals surface area (Å²) >= 11 is 0. The highest BCUT2D eigenvalue weighted by molar-refractivity contribution is 5.80. The summed E-state index contributed by atoms with van der Waals surface area (Å²) in [6.07, 6.45) is -1.03. The van der Waals surface area contributed by atoms with Crippen molar-refractivity contribution in [1.82, 2.24) is 5.32 Å². The van der Waals surface area contributed by atoms with Crippen molar-refractivity contribution in [2.75, 3.05) is 0 Å². The molecule has 8 heteroatoms. The van der Waals surface area contributed by atoms with Gasteiger partial charge in [-0.05, 0) is 20.8 Å². The van der Waals surface area contributed by atoms with Crippen LogP contribution in [0.4, 0.5) is 4.79 Å². The van der Waals surface area contributed by atoms with E-state index in [2.05, 4.69) is 5.32 Å². The molecule has 1 amide bonds. The molecule has 22 heavy (non-hydrogen) atoms. The topological polar surface area (TPSA) is 119 Å². The number of hydrogen-bond donors (Lipinski definition) is 2. The predicted octanol–water partition coefficient (Wildman–Crippen LogP) is 1.98. The van der Waals surface area contributed by atoms with Gasteiger partial charge in [0.1, 0.15) is 5.60 Å². The fourth-order valence-electron chi connectivity index (χ4n) is 1.80. The summed E-state index contributed by atoms with van der Waals surface area (Å²) < 4.78 is 4.95.